The van der Waals surface area contributed by atoms with Crippen molar-refractivity contribution in [2.75, 3.05) is 20.8 Å². The zero-order valence-corrected chi connectivity index (χ0v) is 30.6. The van der Waals surface area contributed by atoms with E-state index in [4.69, 9.17) is 23.7 Å². The van der Waals surface area contributed by atoms with Crippen LogP contribution in [-0.2, 0) is 15.1 Å². The predicted molar refractivity (Wildman–Crippen MR) is 214 cm³/mol. The quantitative estimate of drug-likeness (QED) is 0.106. The maximum atomic E-state index is 13.3. The minimum atomic E-state index is -1.28. The molecule has 280 valence electrons. The maximum Gasteiger partial charge on any atom is 0.330 e. The molecule has 0 saturated carbocycles. The van der Waals surface area contributed by atoms with Crippen molar-refractivity contribution in [2.45, 2.75) is 30.1 Å². The highest BCUT2D eigenvalue weighted by atomic mass is 16.6. The molecular weight excluding hydrogens is 709 g/mol. The van der Waals surface area contributed by atoms with E-state index < -0.39 is 41.4 Å². The fourth-order valence-electron chi connectivity index (χ4n) is 8.07. The van der Waals surface area contributed by atoms with Gasteiger partial charge in [-0.3, -0.25) is 14.3 Å². The van der Waals surface area contributed by atoms with Crippen molar-refractivity contribution in [1.82, 2.24) is 9.55 Å². The fourth-order valence-corrected chi connectivity index (χ4v) is 8.07. The van der Waals surface area contributed by atoms with E-state index in [0.717, 1.165) is 49.0 Å². The molecule has 1 aliphatic rings. The monoisotopic (exact) mass is 746 g/mol. The van der Waals surface area contributed by atoms with E-state index in [1.165, 1.54) is 16.8 Å². The molecule has 0 aliphatic carbocycles. The first kappa shape index (κ1) is 35.3. The number of rotatable bonds is 11. The Morgan fingerprint density at radius 1 is 0.679 bits per heavy atom. The van der Waals surface area contributed by atoms with E-state index in [-0.39, 0.29) is 6.61 Å². The van der Waals surface area contributed by atoms with E-state index in [1.54, 1.807) is 14.2 Å². The number of nitrogens with zero attached hydrogens (tertiary/aromatic N) is 1. The molecule has 1 aliphatic heterocycles. The molecule has 1 fully saturated rings. The number of aromatic nitrogens is 2. The van der Waals surface area contributed by atoms with E-state index in [9.17, 15) is 14.7 Å². The third kappa shape index (κ3) is 5.95. The molecule has 9 rings (SSSR count). The van der Waals surface area contributed by atoms with Gasteiger partial charge in [-0.2, -0.15) is 0 Å². The van der Waals surface area contributed by atoms with E-state index >= 15 is 0 Å². The van der Waals surface area contributed by atoms with Crippen molar-refractivity contribution < 1.29 is 28.8 Å². The summed E-state index contributed by atoms with van der Waals surface area (Å²) in [6.45, 7) is -0.124. The van der Waals surface area contributed by atoms with Gasteiger partial charge >= 0.3 is 5.69 Å². The van der Waals surface area contributed by atoms with Crippen LogP contribution in [0.5, 0.6) is 17.2 Å². The number of aromatic amines is 1. The molecule has 2 heterocycles. The molecule has 0 radical (unpaired) electrons. The van der Waals surface area contributed by atoms with Gasteiger partial charge in [0.15, 0.2) is 12.3 Å². The van der Waals surface area contributed by atoms with Crippen LogP contribution in [-0.4, -0.2) is 53.8 Å². The maximum absolute atomic E-state index is 13.3. The van der Waals surface area contributed by atoms with Gasteiger partial charge in [0.1, 0.15) is 35.1 Å². The SMILES string of the molecule is COc1ccc(C(OC[C@@H]2O[C@H](n3ccc(=O)[nH]c3=O)C(Oc3ccc4ccc5cccc6ccc3c4c56)C2O)(c2ccccc2)c2ccc(OC)cc2)cc1. The van der Waals surface area contributed by atoms with Crippen LogP contribution in [0.1, 0.15) is 22.9 Å². The Morgan fingerprint density at radius 3 is 1.89 bits per heavy atom. The van der Waals surface area contributed by atoms with Gasteiger partial charge in [0.25, 0.3) is 5.56 Å². The molecule has 0 amide bonds. The van der Waals surface area contributed by atoms with Crippen LogP contribution >= 0.6 is 0 Å². The topological polar surface area (TPSA) is 121 Å². The zero-order valence-electron chi connectivity index (χ0n) is 30.6. The van der Waals surface area contributed by atoms with Gasteiger partial charge < -0.3 is 28.8 Å². The third-order valence-electron chi connectivity index (χ3n) is 10.8. The van der Waals surface area contributed by atoms with E-state index in [0.29, 0.717) is 17.2 Å². The van der Waals surface area contributed by atoms with Crippen LogP contribution in [0, 0.1) is 0 Å². The molecule has 2 N–H and O–H groups in total. The smallest absolute Gasteiger partial charge is 0.330 e. The molecule has 1 aromatic heterocycles. The van der Waals surface area contributed by atoms with Crippen molar-refractivity contribution in [3.05, 3.63) is 183 Å². The summed E-state index contributed by atoms with van der Waals surface area (Å²) in [5, 5.41) is 18.5. The average molecular weight is 747 g/mol. The average Bonchev–Trinajstić information content (AvgIpc) is 3.54. The van der Waals surface area contributed by atoms with Gasteiger partial charge in [0, 0.05) is 23.0 Å². The molecule has 0 spiro atoms. The molecule has 7 aromatic carbocycles. The Bertz CT molecular complexity index is 2700. The molecule has 56 heavy (non-hydrogen) atoms. The van der Waals surface area contributed by atoms with Crippen molar-refractivity contribution >= 4 is 32.3 Å². The molecule has 2 unspecified atom stereocenters. The van der Waals surface area contributed by atoms with Crippen molar-refractivity contribution in [3.63, 3.8) is 0 Å². The number of H-pyrrole nitrogens is 1. The number of benzene rings is 7. The number of nitrogens with one attached hydrogen (secondary N) is 1. The lowest BCUT2D eigenvalue weighted by Crippen LogP contribution is -2.42. The van der Waals surface area contributed by atoms with Gasteiger partial charge in [-0.25, -0.2) is 4.79 Å². The molecular formula is C46H38N2O8. The summed E-state index contributed by atoms with van der Waals surface area (Å²) in [5.41, 5.74) is -0.0133. The Kier molecular flexibility index (Phi) is 9.01. The first-order chi connectivity index (χ1) is 27.4. The first-order valence-corrected chi connectivity index (χ1v) is 18.3. The molecule has 8 aromatic rings. The van der Waals surface area contributed by atoms with Crippen LogP contribution < -0.4 is 25.5 Å². The van der Waals surface area contributed by atoms with Crippen molar-refractivity contribution in [3.8, 4) is 17.2 Å². The summed E-state index contributed by atoms with van der Waals surface area (Å²) in [4.78, 5) is 27.8. The summed E-state index contributed by atoms with van der Waals surface area (Å²) in [5.74, 6) is 1.88. The molecule has 10 nitrogen and oxygen atoms in total. The van der Waals surface area contributed by atoms with Crippen molar-refractivity contribution in [1.29, 1.82) is 0 Å². The number of aliphatic hydroxyl groups is 1. The number of aliphatic hydroxyl groups excluding tert-OH is 1. The van der Waals surface area contributed by atoms with Crippen LogP contribution in [0.15, 0.2) is 155 Å². The van der Waals surface area contributed by atoms with Gasteiger partial charge in [0.2, 0.25) is 0 Å². The van der Waals surface area contributed by atoms with Crippen LogP contribution in [0.25, 0.3) is 32.3 Å². The second kappa shape index (κ2) is 14.3. The lowest BCUT2D eigenvalue weighted by molar-refractivity contribution is -0.0955. The fraction of sp³-hybridized carbons (Fsp3) is 0.174. The number of ether oxygens (including phenoxy) is 5. The molecule has 0 bridgehead atoms. The predicted octanol–water partition coefficient (Wildman–Crippen LogP) is 7.17. The second-order valence-electron chi connectivity index (χ2n) is 13.9. The summed E-state index contributed by atoms with van der Waals surface area (Å²) < 4.78 is 32.7. The number of hydrogen-bond acceptors (Lipinski definition) is 8. The summed E-state index contributed by atoms with van der Waals surface area (Å²) >= 11 is 0. The van der Waals surface area contributed by atoms with E-state index in [2.05, 4.69) is 35.3 Å². The highest BCUT2D eigenvalue weighted by molar-refractivity contribution is 6.24. The lowest BCUT2D eigenvalue weighted by Gasteiger charge is -2.37. The largest absolute Gasteiger partial charge is 0.497 e. The Labute approximate surface area is 321 Å². The van der Waals surface area contributed by atoms with Gasteiger partial charge in [0.05, 0.1) is 20.8 Å². The summed E-state index contributed by atoms with van der Waals surface area (Å²) in [6.07, 6.45) is -3.13. The minimum absolute atomic E-state index is 0.124. The highest BCUT2D eigenvalue weighted by Gasteiger charge is 2.49. The molecule has 4 atom stereocenters. The zero-order chi connectivity index (χ0) is 38.4. The molecule has 1 saturated heterocycles. The lowest BCUT2D eigenvalue weighted by atomic mass is 9.80. The highest BCUT2D eigenvalue weighted by Crippen LogP contribution is 2.44. The number of hydrogen-bond donors (Lipinski definition) is 2. The van der Waals surface area contributed by atoms with Gasteiger partial charge in [-0.15, -0.1) is 0 Å². The van der Waals surface area contributed by atoms with Crippen LogP contribution in [0.2, 0.25) is 0 Å². The van der Waals surface area contributed by atoms with Crippen LogP contribution in [0.4, 0.5) is 0 Å². The summed E-state index contributed by atoms with van der Waals surface area (Å²) in [6, 6.07) is 44.7. The van der Waals surface area contributed by atoms with Gasteiger partial charge in [-0.1, -0.05) is 97.1 Å². The van der Waals surface area contributed by atoms with Gasteiger partial charge in [-0.05, 0) is 74.6 Å². The Hall–Kier alpha value is -6.46. The normalized spacial score (nSPS) is 18.5. The Morgan fingerprint density at radius 2 is 1.27 bits per heavy atom. The standard InChI is InChI=1S/C46H38N2O8/c1-52-34-19-15-32(16-20-34)46(31-9-4-3-5-10-31,33-17-21-35(53-2)22-18-33)54-27-38-42(50)43(44(56-38)48-26-25-39(49)47-45(48)51)55-37-24-14-30-12-11-28-7-6-8-29-13-23-36(37)41(30)40(28)29/h3-26,38,42-44,50H,27H2,1-2H3,(H,47,49,51)/t38-,42?,43?,44-/m0/s1. The van der Waals surface area contributed by atoms with Crippen LogP contribution in [0.3, 0.4) is 0 Å². The third-order valence-corrected chi connectivity index (χ3v) is 10.8. The number of methoxy groups -OCH3 is 2. The van der Waals surface area contributed by atoms with E-state index in [1.807, 2.05) is 103 Å². The summed E-state index contributed by atoms with van der Waals surface area (Å²) in [7, 11) is 3.23. The minimum Gasteiger partial charge on any atom is -0.497 e. The Balaban J connectivity index is 1.13. The molecule has 10 heteroatoms. The second-order valence-corrected chi connectivity index (χ2v) is 13.9. The van der Waals surface area contributed by atoms with Crippen molar-refractivity contribution in [2.24, 2.45) is 0 Å². The first-order valence-electron chi connectivity index (χ1n) is 18.3.